The van der Waals surface area contributed by atoms with Crippen LogP contribution < -0.4 is 10.6 Å². The van der Waals surface area contributed by atoms with Crippen LogP contribution in [0.1, 0.15) is 5.76 Å². The third-order valence-corrected chi connectivity index (χ3v) is 2.74. The first kappa shape index (κ1) is 12.2. The monoisotopic (exact) mass is 272 g/mol. The van der Waals surface area contributed by atoms with Crippen molar-refractivity contribution in [3.05, 3.63) is 53.7 Å². The first-order valence-corrected chi connectivity index (χ1v) is 5.81. The van der Waals surface area contributed by atoms with E-state index in [2.05, 4.69) is 10.6 Å². The predicted octanol–water partition coefficient (Wildman–Crippen LogP) is 2.27. The first-order valence-electron chi connectivity index (χ1n) is 5.81. The van der Waals surface area contributed by atoms with Crippen LogP contribution in [-0.2, 0) is 4.79 Å². The van der Waals surface area contributed by atoms with Crippen LogP contribution in [0.4, 0.5) is 9.18 Å². The van der Waals surface area contributed by atoms with Crippen molar-refractivity contribution in [2.45, 2.75) is 0 Å². The quantitative estimate of drug-likeness (QED) is 0.650. The molecular formula is C14H9FN2O3. The highest BCUT2D eigenvalue weighted by Gasteiger charge is 2.23. The van der Waals surface area contributed by atoms with Crippen LogP contribution in [0.25, 0.3) is 17.4 Å². The third-order valence-electron chi connectivity index (χ3n) is 2.74. The van der Waals surface area contributed by atoms with E-state index in [4.69, 9.17) is 4.42 Å². The van der Waals surface area contributed by atoms with Gasteiger partial charge < -0.3 is 9.73 Å². The summed E-state index contributed by atoms with van der Waals surface area (Å²) in [4.78, 5) is 22.3. The van der Waals surface area contributed by atoms with Crippen molar-refractivity contribution < 1.29 is 18.4 Å². The number of halogens is 1. The largest absolute Gasteiger partial charge is 0.457 e. The molecule has 2 heterocycles. The normalized spacial score (nSPS) is 16.4. The van der Waals surface area contributed by atoms with Crippen molar-refractivity contribution in [1.29, 1.82) is 0 Å². The predicted molar refractivity (Wildman–Crippen MR) is 68.8 cm³/mol. The van der Waals surface area contributed by atoms with Crippen molar-refractivity contribution in [3.8, 4) is 11.3 Å². The number of hydrogen-bond acceptors (Lipinski definition) is 3. The van der Waals surface area contributed by atoms with E-state index in [9.17, 15) is 14.0 Å². The highest BCUT2D eigenvalue weighted by atomic mass is 19.1. The molecule has 0 aliphatic carbocycles. The fourth-order valence-electron chi connectivity index (χ4n) is 1.85. The van der Waals surface area contributed by atoms with Crippen LogP contribution in [0, 0.1) is 5.82 Å². The molecule has 0 bridgehead atoms. The van der Waals surface area contributed by atoms with Gasteiger partial charge in [0.2, 0.25) is 0 Å². The molecule has 3 rings (SSSR count). The average Bonchev–Trinajstić information content (AvgIpc) is 2.97. The molecule has 2 aromatic rings. The van der Waals surface area contributed by atoms with Crippen LogP contribution in [0.5, 0.6) is 0 Å². The highest BCUT2D eigenvalue weighted by Crippen LogP contribution is 2.24. The lowest BCUT2D eigenvalue weighted by Crippen LogP contribution is -2.22. The lowest BCUT2D eigenvalue weighted by Gasteiger charge is -1.96. The number of hydrogen-bond donors (Lipinski definition) is 2. The molecule has 1 aliphatic heterocycles. The Hall–Kier alpha value is -2.89. The zero-order chi connectivity index (χ0) is 14.1. The molecule has 100 valence electrons. The molecule has 0 radical (unpaired) electrons. The van der Waals surface area contributed by atoms with Gasteiger partial charge in [0, 0.05) is 11.6 Å². The molecule has 0 unspecified atom stereocenters. The second-order valence-electron chi connectivity index (χ2n) is 4.18. The zero-order valence-electron chi connectivity index (χ0n) is 10.1. The van der Waals surface area contributed by atoms with E-state index in [-0.39, 0.29) is 11.5 Å². The van der Waals surface area contributed by atoms with Gasteiger partial charge in [-0.05, 0) is 24.3 Å². The van der Waals surface area contributed by atoms with E-state index in [1.165, 1.54) is 18.2 Å². The number of nitrogens with one attached hydrogen (secondary N) is 2. The Bertz CT molecular complexity index is 734. The first-order chi connectivity index (χ1) is 9.61. The molecular weight excluding hydrogens is 263 g/mol. The van der Waals surface area contributed by atoms with Crippen molar-refractivity contribution in [3.63, 3.8) is 0 Å². The molecule has 1 aromatic heterocycles. The maximum Gasteiger partial charge on any atom is 0.326 e. The summed E-state index contributed by atoms with van der Waals surface area (Å²) in [5.74, 6) is -0.0161. The second-order valence-corrected chi connectivity index (χ2v) is 4.18. The summed E-state index contributed by atoms with van der Waals surface area (Å²) in [7, 11) is 0. The Balaban J connectivity index is 1.89. The van der Waals surface area contributed by atoms with Gasteiger partial charge in [-0.15, -0.1) is 0 Å². The van der Waals surface area contributed by atoms with Crippen LogP contribution in [0.3, 0.4) is 0 Å². The molecule has 2 N–H and O–H groups in total. The van der Waals surface area contributed by atoms with Gasteiger partial charge in [0.25, 0.3) is 5.91 Å². The van der Waals surface area contributed by atoms with Crippen LogP contribution in [-0.4, -0.2) is 11.9 Å². The fourth-order valence-corrected chi connectivity index (χ4v) is 1.85. The van der Waals surface area contributed by atoms with Crippen molar-refractivity contribution in [2.24, 2.45) is 0 Å². The maximum absolute atomic E-state index is 13.1. The molecule has 1 aliphatic rings. The van der Waals surface area contributed by atoms with Gasteiger partial charge in [-0.2, -0.15) is 0 Å². The van der Waals surface area contributed by atoms with Gasteiger partial charge in [-0.3, -0.25) is 10.1 Å². The van der Waals surface area contributed by atoms with Crippen LogP contribution in [0.15, 0.2) is 46.5 Å². The summed E-state index contributed by atoms with van der Waals surface area (Å²) in [5.41, 5.74) is 0.699. The van der Waals surface area contributed by atoms with Gasteiger partial charge in [0.15, 0.2) is 0 Å². The van der Waals surface area contributed by atoms with Crippen molar-refractivity contribution in [1.82, 2.24) is 10.6 Å². The molecule has 0 spiro atoms. The van der Waals surface area contributed by atoms with Crippen molar-refractivity contribution >= 4 is 18.0 Å². The standard InChI is InChI=1S/C14H9FN2O3/c15-9-3-1-2-8(6-9)12-5-4-10(20-12)7-11-13(18)17-14(19)16-11/h1-7H,(H2,16,17,18,19). The Labute approximate surface area is 113 Å². The summed E-state index contributed by atoms with van der Waals surface area (Å²) in [5, 5.41) is 4.44. The highest BCUT2D eigenvalue weighted by molar-refractivity contribution is 6.13. The molecule has 0 atom stereocenters. The van der Waals surface area contributed by atoms with Crippen molar-refractivity contribution in [2.75, 3.05) is 0 Å². The van der Waals surface area contributed by atoms with Gasteiger partial charge in [-0.1, -0.05) is 12.1 Å². The molecule has 1 saturated heterocycles. The average molecular weight is 272 g/mol. The topological polar surface area (TPSA) is 71.3 Å². The third kappa shape index (κ3) is 2.31. The Kier molecular flexibility index (Phi) is 2.83. The SMILES string of the molecule is O=C1NC(=O)C(=Cc2ccc(-c3cccc(F)c3)o2)N1. The minimum Gasteiger partial charge on any atom is -0.457 e. The second kappa shape index (κ2) is 4.65. The van der Waals surface area contributed by atoms with Gasteiger partial charge >= 0.3 is 6.03 Å². The van der Waals surface area contributed by atoms with E-state index >= 15 is 0 Å². The lowest BCUT2D eigenvalue weighted by molar-refractivity contribution is -0.115. The minimum atomic E-state index is -0.571. The van der Waals surface area contributed by atoms with Crippen LogP contribution >= 0.6 is 0 Å². The Morgan fingerprint density at radius 1 is 1.10 bits per heavy atom. The Morgan fingerprint density at radius 2 is 1.95 bits per heavy atom. The summed E-state index contributed by atoms with van der Waals surface area (Å²) in [6.07, 6.45) is 1.41. The zero-order valence-corrected chi connectivity index (χ0v) is 10.1. The molecule has 3 amide bonds. The fraction of sp³-hybridized carbons (Fsp3) is 0. The summed E-state index contributed by atoms with van der Waals surface area (Å²) < 4.78 is 18.6. The van der Waals surface area contributed by atoms with E-state index in [1.54, 1.807) is 24.3 Å². The van der Waals surface area contributed by atoms with Gasteiger partial charge in [-0.25, -0.2) is 9.18 Å². The van der Waals surface area contributed by atoms with E-state index in [0.29, 0.717) is 17.1 Å². The molecule has 6 heteroatoms. The van der Waals surface area contributed by atoms with Gasteiger partial charge in [0.05, 0.1) is 0 Å². The summed E-state index contributed by atoms with van der Waals surface area (Å²) >= 11 is 0. The summed E-state index contributed by atoms with van der Waals surface area (Å²) in [6.45, 7) is 0. The smallest absolute Gasteiger partial charge is 0.326 e. The number of imide groups is 1. The minimum absolute atomic E-state index is 0.107. The molecule has 5 nitrogen and oxygen atoms in total. The summed E-state index contributed by atoms with van der Waals surface area (Å²) in [6, 6.07) is 8.70. The number of carbonyl (C=O) groups excluding carboxylic acids is 2. The Morgan fingerprint density at radius 3 is 2.65 bits per heavy atom. The lowest BCUT2D eigenvalue weighted by atomic mass is 10.2. The van der Waals surface area contributed by atoms with E-state index < -0.39 is 11.9 Å². The number of amides is 3. The number of benzene rings is 1. The molecule has 1 aromatic carbocycles. The van der Waals surface area contributed by atoms with E-state index in [0.717, 1.165) is 0 Å². The number of furan rings is 1. The number of rotatable bonds is 2. The number of carbonyl (C=O) groups is 2. The van der Waals surface area contributed by atoms with E-state index in [1.807, 2.05) is 0 Å². The maximum atomic E-state index is 13.1. The van der Waals surface area contributed by atoms with Crippen LogP contribution in [0.2, 0.25) is 0 Å². The molecule has 0 saturated carbocycles. The van der Waals surface area contributed by atoms with Gasteiger partial charge in [0.1, 0.15) is 23.0 Å². The number of urea groups is 1. The molecule has 20 heavy (non-hydrogen) atoms. The molecule has 1 fully saturated rings.